The molecule has 0 saturated carbocycles. The molecule has 0 saturated heterocycles. The number of benzene rings is 1. The highest BCUT2D eigenvalue weighted by Crippen LogP contribution is 2.57. The Kier molecular flexibility index (Phi) is 4.22. The lowest BCUT2D eigenvalue weighted by Gasteiger charge is -2.43. The third-order valence-electron chi connectivity index (χ3n) is 5.27. The maximum atomic E-state index is 9.95. The molecule has 0 fully saturated rings. The van der Waals surface area contributed by atoms with Crippen LogP contribution in [-0.2, 0) is 0 Å². The van der Waals surface area contributed by atoms with Gasteiger partial charge in [-0.05, 0) is 36.8 Å². The molecular formula is C20H18N4O. The van der Waals surface area contributed by atoms with Gasteiger partial charge in [0.2, 0.25) is 0 Å². The highest BCUT2D eigenvalue weighted by molar-refractivity contribution is 5.60. The van der Waals surface area contributed by atoms with Gasteiger partial charge >= 0.3 is 0 Å². The van der Waals surface area contributed by atoms with Crippen LogP contribution in [0.25, 0.3) is 0 Å². The highest BCUT2D eigenvalue weighted by Gasteiger charge is 2.54. The lowest BCUT2D eigenvalue weighted by Crippen LogP contribution is -2.42. The first-order valence-electron chi connectivity index (χ1n) is 8.20. The second-order valence-corrected chi connectivity index (χ2v) is 6.35. The Morgan fingerprint density at radius 3 is 2.56 bits per heavy atom. The number of hydrogen-bond donors (Lipinski definition) is 1. The van der Waals surface area contributed by atoms with E-state index in [1.807, 2.05) is 30.3 Å². The maximum Gasteiger partial charge on any atom is 0.191 e. The fourth-order valence-corrected chi connectivity index (χ4v) is 4.14. The zero-order valence-electron chi connectivity index (χ0n) is 14.0. The van der Waals surface area contributed by atoms with E-state index in [9.17, 15) is 15.8 Å². The summed E-state index contributed by atoms with van der Waals surface area (Å²) in [4.78, 5) is 0. The van der Waals surface area contributed by atoms with E-state index in [-0.39, 0.29) is 11.6 Å². The minimum absolute atomic E-state index is 0.0558. The van der Waals surface area contributed by atoms with Crippen LogP contribution in [0.4, 0.5) is 0 Å². The summed E-state index contributed by atoms with van der Waals surface area (Å²) in [6, 6.07) is 13.8. The number of rotatable bonds is 2. The third-order valence-corrected chi connectivity index (χ3v) is 5.27. The minimum Gasteiger partial charge on any atom is -0.496 e. The Balaban J connectivity index is 2.36. The van der Waals surface area contributed by atoms with Gasteiger partial charge < -0.3 is 10.5 Å². The second-order valence-electron chi connectivity index (χ2n) is 6.35. The number of nitriles is 3. The van der Waals surface area contributed by atoms with Crippen LogP contribution in [0.3, 0.4) is 0 Å². The molecule has 124 valence electrons. The van der Waals surface area contributed by atoms with Crippen LogP contribution < -0.4 is 10.5 Å². The molecule has 2 atom stereocenters. The molecule has 0 aliphatic heterocycles. The SMILES string of the molecule is COc1ccccc1[C@@H]1[C@@H]2CCCC=C2C(C#N)=C(N)C1(C#N)C#N. The molecule has 1 aromatic rings. The average molecular weight is 330 g/mol. The second kappa shape index (κ2) is 6.34. The van der Waals surface area contributed by atoms with Crippen molar-refractivity contribution in [1.82, 2.24) is 0 Å². The van der Waals surface area contributed by atoms with Crippen LogP contribution in [0.1, 0.15) is 30.7 Å². The molecule has 5 heteroatoms. The lowest BCUT2D eigenvalue weighted by atomic mass is 9.56. The summed E-state index contributed by atoms with van der Waals surface area (Å²) in [5, 5.41) is 29.5. The van der Waals surface area contributed by atoms with E-state index in [1.54, 1.807) is 7.11 Å². The molecule has 0 bridgehead atoms. The van der Waals surface area contributed by atoms with Gasteiger partial charge in [-0.1, -0.05) is 24.3 Å². The van der Waals surface area contributed by atoms with Crippen LogP contribution in [0.15, 0.2) is 47.2 Å². The average Bonchev–Trinajstić information content (AvgIpc) is 2.67. The molecule has 0 heterocycles. The van der Waals surface area contributed by atoms with Gasteiger partial charge in [-0.3, -0.25) is 0 Å². The molecule has 1 aromatic carbocycles. The number of methoxy groups -OCH3 is 1. The standard InChI is InChI=1S/C20H18N4O/c1-25-17-9-5-4-8-15(17)18-14-7-3-2-6-13(14)16(10-21)19(24)20(18,11-22)12-23/h4-6,8-9,14,18H,2-3,7,24H2,1H3/t14-,18+/m1/s1. The molecular weight excluding hydrogens is 312 g/mol. The Morgan fingerprint density at radius 1 is 1.20 bits per heavy atom. The summed E-state index contributed by atoms with van der Waals surface area (Å²) in [5.41, 5.74) is 6.66. The molecule has 25 heavy (non-hydrogen) atoms. The van der Waals surface area contributed by atoms with Gasteiger partial charge in [-0.15, -0.1) is 0 Å². The van der Waals surface area contributed by atoms with Gasteiger partial charge in [-0.2, -0.15) is 15.8 Å². The third kappa shape index (κ3) is 2.27. The summed E-state index contributed by atoms with van der Waals surface area (Å²) >= 11 is 0. The normalized spacial score (nSPS) is 24.2. The molecule has 3 rings (SSSR count). The van der Waals surface area contributed by atoms with Crippen LogP contribution in [0, 0.1) is 45.3 Å². The number of hydrogen-bond acceptors (Lipinski definition) is 5. The zero-order chi connectivity index (χ0) is 18.0. The summed E-state index contributed by atoms with van der Waals surface area (Å²) in [7, 11) is 1.57. The summed E-state index contributed by atoms with van der Waals surface area (Å²) in [6.07, 6.45) is 4.65. The van der Waals surface area contributed by atoms with Crippen molar-refractivity contribution in [3.8, 4) is 24.0 Å². The van der Waals surface area contributed by atoms with E-state index in [0.717, 1.165) is 30.4 Å². The molecule has 5 nitrogen and oxygen atoms in total. The van der Waals surface area contributed by atoms with E-state index < -0.39 is 11.3 Å². The number of para-hydroxylation sites is 1. The first kappa shape index (κ1) is 16.6. The molecule has 0 unspecified atom stereocenters. The van der Waals surface area contributed by atoms with Gasteiger partial charge in [0, 0.05) is 11.5 Å². The van der Waals surface area contributed by atoms with Gasteiger partial charge in [0.05, 0.1) is 30.5 Å². The van der Waals surface area contributed by atoms with Crippen LogP contribution in [-0.4, -0.2) is 7.11 Å². The fraction of sp³-hybridized carbons (Fsp3) is 0.350. The lowest BCUT2D eigenvalue weighted by molar-refractivity contribution is 0.305. The van der Waals surface area contributed by atoms with Crippen molar-refractivity contribution in [2.24, 2.45) is 17.1 Å². The Labute approximate surface area is 147 Å². The Bertz CT molecular complexity index is 877. The van der Waals surface area contributed by atoms with Crippen molar-refractivity contribution < 1.29 is 4.74 Å². The smallest absolute Gasteiger partial charge is 0.191 e. The van der Waals surface area contributed by atoms with Crippen LogP contribution in [0.2, 0.25) is 0 Å². The topological polar surface area (TPSA) is 107 Å². The van der Waals surface area contributed by atoms with Crippen molar-refractivity contribution >= 4 is 0 Å². The predicted molar refractivity (Wildman–Crippen MR) is 91.6 cm³/mol. The first-order valence-corrected chi connectivity index (χ1v) is 8.20. The predicted octanol–water partition coefficient (Wildman–Crippen LogP) is 3.29. The molecule has 0 aromatic heterocycles. The van der Waals surface area contributed by atoms with E-state index in [1.165, 1.54) is 0 Å². The Morgan fingerprint density at radius 2 is 1.92 bits per heavy atom. The summed E-state index contributed by atoms with van der Waals surface area (Å²) in [5.74, 6) is 0.0501. The molecule has 2 aliphatic carbocycles. The molecule has 2 aliphatic rings. The first-order chi connectivity index (χ1) is 12.1. The number of nitrogens with zero attached hydrogens (tertiary/aromatic N) is 3. The molecule has 0 spiro atoms. The van der Waals surface area contributed by atoms with Gasteiger partial charge in [0.25, 0.3) is 0 Å². The minimum atomic E-state index is -1.58. The van der Waals surface area contributed by atoms with Crippen molar-refractivity contribution in [2.75, 3.05) is 7.11 Å². The monoisotopic (exact) mass is 330 g/mol. The number of ether oxygens (including phenoxy) is 1. The van der Waals surface area contributed by atoms with Crippen LogP contribution >= 0.6 is 0 Å². The van der Waals surface area contributed by atoms with Crippen molar-refractivity contribution in [2.45, 2.75) is 25.2 Å². The fourth-order valence-electron chi connectivity index (χ4n) is 4.14. The van der Waals surface area contributed by atoms with Crippen LogP contribution in [0.5, 0.6) is 5.75 Å². The van der Waals surface area contributed by atoms with Gasteiger partial charge in [0.1, 0.15) is 11.8 Å². The quantitative estimate of drug-likeness (QED) is 0.895. The molecule has 0 radical (unpaired) electrons. The highest BCUT2D eigenvalue weighted by atomic mass is 16.5. The van der Waals surface area contributed by atoms with E-state index in [0.29, 0.717) is 11.3 Å². The Hall–Kier alpha value is -3.23. The molecule has 2 N–H and O–H groups in total. The summed E-state index contributed by atoms with van der Waals surface area (Å²) < 4.78 is 5.49. The number of fused-ring (bicyclic) bond motifs is 1. The van der Waals surface area contributed by atoms with Crippen molar-refractivity contribution in [3.05, 3.63) is 52.7 Å². The van der Waals surface area contributed by atoms with Gasteiger partial charge in [-0.25, -0.2) is 0 Å². The van der Waals surface area contributed by atoms with E-state index in [4.69, 9.17) is 10.5 Å². The van der Waals surface area contributed by atoms with E-state index in [2.05, 4.69) is 18.2 Å². The maximum absolute atomic E-state index is 9.95. The van der Waals surface area contributed by atoms with Crippen molar-refractivity contribution in [3.63, 3.8) is 0 Å². The zero-order valence-corrected chi connectivity index (χ0v) is 14.0. The number of allylic oxidation sites excluding steroid dienone is 4. The largest absolute Gasteiger partial charge is 0.496 e. The van der Waals surface area contributed by atoms with Gasteiger partial charge in [0.15, 0.2) is 5.41 Å². The number of nitrogens with two attached hydrogens (primary N) is 1. The van der Waals surface area contributed by atoms with Crippen molar-refractivity contribution in [1.29, 1.82) is 15.8 Å². The molecule has 0 amide bonds. The summed E-state index contributed by atoms with van der Waals surface area (Å²) in [6.45, 7) is 0. The van der Waals surface area contributed by atoms with E-state index >= 15 is 0 Å².